The zero-order valence-corrected chi connectivity index (χ0v) is 13.3. The average Bonchev–Trinajstić information content (AvgIpc) is 2.48. The first kappa shape index (κ1) is 18.3. The maximum atomic E-state index is 12.0. The van der Waals surface area contributed by atoms with Crippen LogP contribution in [0.5, 0.6) is 0 Å². The molecular formula is C15H27N3O4. The molecule has 1 aliphatic rings. The number of amides is 3. The Hall–Kier alpha value is -1.79. The number of nitrogens with one attached hydrogen (secondary N) is 1. The van der Waals surface area contributed by atoms with E-state index in [9.17, 15) is 14.4 Å². The highest BCUT2D eigenvalue weighted by molar-refractivity contribution is 5.81. The van der Waals surface area contributed by atoms with Gasteiger partial charge in [0.2, 0.25) is 0 Å². The number of urea groups is 1. The highest BCUT2D eigenvalue weighted by atomic mass is 16.5. The predicted octanol–water partition coefficient (Wildman–Crippen LogP) is 1.16. The molecular weight excluding hydrogens is 286 g/mol. The summed E-state index contributed by atoms with van der Waals surface area (Å²) < 4.78 is 5.03. The van der Waals surface area contributed by atoms with Crippen molar-refractivity contribution >= 4 is 17.9 Å². The standard InChI is InChI=1S/C15H27N3O4/c1-12-7-4-6-10-18(12)13(19)11-22-14(20)8-3-2-5-9-17-15(16)21/h12H,2-11H2,1H3,(H3,16,17,21)/t12-/m1/s1. The molecule has 3 amide bonds. The first-order valence-corrected chi connectivity index (χ1v) is 7.99. The molecule has 0 bridgehead atoms. The number of nitrogens with zero attached hydrogens (tertiary/aromatic N) is 1. The van der Waals surface area contributed by atoms with Crippen molar-refractivity contribution in [3.05, 3.63) is 0 Å². The van der Waals surface area contributed by atoms with Crippen LogP contribution in [0, 0.1) is 0 Å². The second kappa shape index (κ2) is 10.0. The van der Waals surface area contributed by atoms with Crippen LogP contribution in [-0.4, -0.2) is 48.5 Å². The molecule has 0 unspecified atom stereocenters. The van der Waals surface area contributed by atoms with Crippen LogP contribution >= 0.6 is 0 Å². The van der Waals surface area contributed by atoms with Gasteiger partial charge < -0.3 is 20.7 Å². The number of esters is 1. The number of likely N-dealkylation sites (tertiary alicyclic amines) is 1. The van der Waals surface area contributed by atoms with Gasteiger partial charge >= 0.3 is 12.0 Å². The fraction of sp³-hybridized carbons (Fsp3) is 0.800. The lowest BCUT2D eigenvalue weighted by molar-refractivity contribution is -0.153. The minimum Gasteiger partial charge on any atom is -0.456 e. The zero-order chi connectivity index (χ0) is 16.4. The normalized spacial score (nSPS) is 17.9. The van der Waals surface area contributed by atoms with Crippen molar-refractivity contribution in [2.45, 2.75) is 57.9 Å². The van der Waals surface area contributed by atoms with E-state index in [-0.39, 0.29) is 24.5 Å². The minimum absolute atomic E-state index is 0.105. The number of carbonyl (C=O) groups excluding carboxylic acids is 3. The SMILES string of the molecule is C[C@@H]1CCCCN1C(=O)COC(=O)CCCCCNC(N)=O. The van der Waals surface area contributed by atoms with Gasteiger partial charge in [0, 0.05) is 25.6 Å². The van der Waals surface area contributed by atoms with Crippen LogP contribution in [0.3, 0.4) is 0 Å². The van der Waals surface area contributed by atoms with Crippen LogP contribution in [0.4, 0.5) is 4.79 Å². The molecule has 1 fully saturated rings. The maximum absolute atomic E-state index is 12.0. The minimum atomic E-state index is -0.537. The fourth-order valence-corrected chi connectivity index (χ4v) is 2.55. The number of rotatable bonds is 8. The van der Waals surface area contributed by atoms with Gasteiger partial charge in [0.15, 0.2) is 6.61 Å². The van der Waals surface area contributed by atoms with Crippen molar-refractivity contribution in [2.24, 2.45) is 5.73 Å². The second-order valence-electron chi connectivity index (χ2n) is 5.69. The Morgan fingerprint density at radius 3 is 2.68 bits per heavy atom. The Kier molecular flexibility index (Phi) is 8.32. The summed E-state index contributed by atoms with van der Waals surface area (Å²) in [4.78, 5) is 35.8. The molecule has 0 aromatic heterocycles. The predicted molar refractivity (Wildman–Crippen MR) is 82.0 cm³/mol. The molecule has 22 heavy (non-hydrogen) atoms. The maximum Gasteiger partial charge on any atom is 0.312 e. The van der Waals surface area contributed by atoms with Gasteiger partial charge in [-0.15, -0.1) is 0 Å². The molecule has 1 heterocycles. The largest absolute Gasteiger partial charge is 0.456 e. The highest BCUT2D eigenvalue weighted by Gasteiger charge is 2.23. The smallest absolute Gasteiger partial charge is 0.312 e. The van der Waals surface area contributed by atoms with E-state index < -0.39 is 6.03 Å². The number of nitrogens with two attached hydrogens (primary N) is 1. The summed E-state index contributed by atoms with van der Waals surface area (Å²) >= 11 is 0. The molecule has 0 aromatic rings. The average molecular weight is 313 g/mol. The highest BCUT2D eigenvalue weighted by Crippen LogP contribution is 2.16. The van der Waals surface area contributed by atoms with Gasteiger partial charge in [-0.1, -0.05) is 6.42 Å². The van der Waals surface area contributed by atoms with E-state index in [0.29, 0.717) is 19.4 Å². The van der Waals surface area contributed by atoms with E-state index in [0.717, 1.165) is 38.6 Å². The fourth-order valence-electron chi connectivity index (χ4n) is 2.55. The Morgan fingerprint density at radius 1 is 1.23 bits per heavy atom. The molecule has 0 aliphatic carbocycles. The van der Waals surface area contributed by atoms with Crippen molar-refractivity contribution in [2.75, 3.05) is 19.7 Å². The third-order valence-corrected chi connectivity index (χ3v) is 3.84. The number of unbranched alkanes of at least 4 members (excludes halogenated alkanes) is 2. The molecule has 126 valence electrons. The van der Waals surface area contributed by atoms with E-state index in [1.807, 2.05) is 6.92 Å². The Bertz CT molecular complexity index is 387. The Morgan fingerprint density at radius 2 is 2.00 bits per heavy atom. The lowest BCUT2D eigenvalue weighted by Crippen LogP contribution is -2.44. The summed E-state index contributed by atoms with van der Waals surface area (Å²) in [6.45, 7) is 3.13. The van der Waals surface area contributed by atoms with Gasteiger partial charge in [0.25, 0.3) is 5.91 Å². The van der Waals surface area contributed by atoms with Gasteiger partial charge in [-0.25, -0.2) is 4.79 Å². The van der Waals surface area contributed by atoms with Gasteiger partial charge in [-0.05, 0) is 39.0 Å². The molecule has 0 aromatic carbocycles. The number of hydrogen-bond donors (Lipinski definition) is 2. The van der Waals surface area contributed by atoms with Crippen LogP contribution < -0.4 is 11.1 Å². The summed E-state index contributed by atoms with van der Waals surface area (Å²) in [6, 6.07) is -0.303. The number of piperidine rings is 1. The molecule has 7 heteroatoms. The molecule has 0 spiro atoms. The number of carbonyl (C=O) groups is 3. The summed E-state index contributed by atoms with van der Waals surface area (Å²) in [6.07, 6.45) is 5.71. The van der Waals surface area contributed by atoms with Gasteiger partial charge in [0.05, 0.1) is 0 Å². The van der Waals surface area contributed by atoms with Crippen molar-refractivity contribution in [1.82, 2.24) is 10.2 Å². The number of hydrogen-bond acceptors (Lipinski definition) is 4. The van der Waals surface area contributed by atoms with E-state index in [4.69, 9.17) is 10.5 Å². The first-order chi connectivity index (χ1) is 10.5. The summed E-state index contributed by atoms with van der Waals surface area (Å²) in [5.41, 5.74) is 4.93. The van der Waals surface area contributed by atoms with E-state index in [2.05, 4.69) is 5.32 Å². The van der Waals surface area contributed by atoms with Crippen molar-refractivity contribution in [3.63, 3.8) is 0 Å². The lowest BCUT2D eigenvalue weighted by Gasteiger charge is -2.33. The van der Waals surface area contributed by atoms with Crippen molar-refractivity contribution in [3.8, 4) is 0 Å². The Balaban J connectivity index is 2.07. The molecule has 1 atom stereocenters. The van der Waals surface area contributed by atoms with E-state index in [1.165, 1.54) is 0 Å². The third kappa shape index (κ3) is 7.28. The summed E-state index contributed by atoms with van der Waals surface area (Å²) in [5.74, 6) is -0.452. The van der Waals surface area contributed by atoms with Crippen molar-refractivity contribution < 1.29 is 19.1 Å². The van der Waals surface area contributed by atoms with Crippen LogP contribution in [-0.2, 0) is 14.3 Å². The number of primary amides is 1. The quantitative estimate of drug-likeness (QED) is 0.518. The molecule has 1 rings (SSSR count). The van der Waals surface area contributed by atoms with E-state index >= 15 is 0 Å². The van der Waals surface area contributed by atoms with Gasteiger partial charge in [-0.2, -0.15) is 0 Å². The van der Waals surface area contributed by atoms with Crippen LogP contribution in [0.1, 0.15) is 51.9 Å². The monoisotopic (exact) mass is 313 g/mol. The van der Waals surface area contributed by atoms with E-state index in [1.54, 1.807) is 4.90 Å². The van der Waals surface area contributed by atoms with Crippen LogP contribution in [0.25, 0.3) is 0 Å². The van der Waals surface area contributed by atoms with Gasteiger partial charge in [-0.3, -0.25) is 9.59 Å². The first-order valence-electron chi connectivity index (χ1n) is 7.99. The summed E-state index contributed by atoms with van der Waals surface area (Å²) in [7, 11) is 0. The third-order valence-electron chi connectivity index (χ3n) is 3.84. The molecule has 0 saturated carbocycles. The second-order valence-corrected chi connectivity index (χ2v) is 5.69. The molecule has 3 N–H and O–H groups in total. The molecule has 1 saturated heterocycles. The number of ether oxygens (including phenoxy) is 1. The zero-order valence-electron chi connectivity index (χ0n) is 13.3. The van der Waals surface area contributed by atoms with Crippen LogP contribution in [0.2, 0.25) is 0 Å². The molecule has 7 nitrogen and oxygen atoms in total. The van der Waals surface area contributed by atoms with Crippen molar-refractivity contribution in [1.29, 1.82) is 0 Å². The Labute approximate surface area is 131 Å². The summed E-state index contributed by atoms with van der Waals surface area (Å²) in [5, 5.41) is 2.49. The van der Waals surface area contributed by atoms with Gasteiger partial charge in [0.1, 0.15) is 0 Å². The lowest BCUT2D eigenvalue weighted by atomic mass is 10.0. The van der Waals surface area contributed by atoms with Crippen LogP contribution in [0.15, 0.2) is 0 Å². The molecule has 0 radical (unpaired) electrons. The molecule has 1 aliphatic heterocycles. The topological polar surface area (TPSA) is 102 Å².